The summed E-state index contributed by atoms with van der Waals surface area (Å²) < 4.78 is 7.31. The Morgan fingerprint density at radius 1 is 1.44 bits per heavy atom. The number of hydrogen-bond donors (Lipinski definition) is 1. The van der Waals surface area contributed by atoms with Gasteiger partial charge in [0, 0.05) is 37.5 Å². The van der Waals surface area contributed by atoms with Crippen LogP contribution in [0.25, 0.3) is 0 Å². The minimum absolute atomic E-state index is 0. The van der Waals surface area contributed by atoms with Gasteiger partial charge in [0.1, 0.15) is 0 Å². The van der Waals surface area contributed by atoms with E-state index < -0.39 is 0 Å². The van der Waals surface area contributed by atoms with Crippen LogP contribution >= 0.6 is 24.8 Å². The van der Waals surface area contributed by atoms with Crippen LogP contribution in [0.2, 0.25) is 0 Å². The molecule has 0 unspecified atom stereocenters. The van der Waals surface area contributed by atoms with Gasteiger partial charge < -0.3 is 15.0 Å². The molecular formula is C12H23Cl2N3O. The van der Waals surface area contributed by atoms with Gasteiger partial charge in [-0.3, -0.25) is 0 Å². The van der Waals surface area contributed by atoms with Gasteiger partial charge in [0.2, 0.25) is 0 Å². The highest BCUT2D eigenvalue weighted by molar-refractivity contribution is 5.85. The number of imidazole rings is 1. The number of rotatable bonds is 4. The molecule has 1 aromatic heterocycles. The van der Waals surface area contributed by atoms with E-state index in [9.17, 15) is 0 Å². The van der Waals surface area contributed by atoms with E-state index in [0.717, 1.165) is 19.6 Å². The van der Waals surface area contributed by atoms with Crippen LogP contribution in [0.3, 0.4) is 0 Å². The van der Waals surface area contributed by atoms with E-state index in [2.05, 4.69) is 9.55 Å². The fraction of sp³-hybridized carbons (Fsp3) is 0.750. The summed E-state index contributed by atoms with van der Waals surface area (Å²) in [4.78, 5) is 4.24. The van der Waals surface area contributed by atoms with Crippen LogP contribution in [0.1, 0.15) is 37.3 Å². The molecule has 1 saturated carbocycles. The lowest BCUT2D eigenvalue weighted by molar-refractivity contribution is 0.185. The van der Waals surface area contributed by atoms with Crippen LogP contribution in [-0.2, 0) is 11.3 Å². The number of halogens is 2. The molecule has 0 bridgehead atoms. The summed E-state index contributed by atoms with van der Waals surface area (Å²) in [7, 11) is 1.73. The molecule has 0 radical (unpaired) electrons. The van der Waals surface area contributed by atoms with Gasteiger partial charge in [0.25, 0.3) is 0 Å². The zero-order valence-corrected chi connectivity index (χ0v) is 12.4. The summed E-state index contributed by atoms with van der Waals surface area (Å²) in [5.41, 5.74) is 7.35. The number of aromatic nitrogens is 2. The molecule has 0 amide bonds. The average Bonchev–Trinajstić information content (AvgIpc) is 2.74. The number of hydrogen-bond acceptors (Lipinski definition) is 3. The van der Waals surface area contributed by atoms with Gasteiger partial charge in [-0.25, -0.2) is 4.98 Å². The fourth-order valence-corrected chi connectivity index (χ4v) is 2.54. The molecule has 106 valence electrons. The van der Waals surface area contributed by atoms with Crippen LogP contribution in [0, 0.1) is 0 Å². The Kier molecular flexibility index (Phi) is 8.61. The normalized spacial score (nSPS) is 23.0. The molecule has 1 heterocycles. The van der Waals surface area contributed by atoms with Crippen molar-refractivity contribution in [3.63, 3.8) is 0 Å². The maximum absolute atomic E-state index is 6.03. The predicted octanol–water partition coefficient (Wildman–Crippen LogP) is 2.36. The Bertz CT molecular complexity index is 333. The first-order valence-electron chi connectivity index (χ1n) is 6.06. The van der Waals surface area contributed by atoms with Gasteiger partial charge in [-0.05, 0) is 19.3 Å². The molecule has 2 rings (SSSR count). The largest absolute Gasteiger partial charge is 0.383 e. The van der Waals surface area contributed by atoms with Gasteiger partial charge in [0.15, 0.2) is 0 Å². The highest BCUT2D eigenvalue weighted by Crippen LogP contribution is 2.31. The molecule has 0 saturated heterocycles. The minimum atomic E-state index is 0. The first-order chi connectivity index (χ1) is 7.81. The Morgan fingerprint density at radius 2 is 2.22 bits per heavy atom. The van der Waals surface area contributed by atoms with Crippen molar-refractivity contribution in [2.45, 2.75) is 44.2 Å². The summed E-state index contributed by atoms with van der Waals surface area (Å²) in [6.45, 7) is 1.62. The zero-order chi connectivity index (χ0) is 11.4. The van der Waals surface area contributed by atoms with Crippen LogP contribution in [0.15, 0.2) is 12.5 Å². The van der Waals surface area contributed by atoms with E-state index in [-0.39, 0.29) is 24.8 Å². The van der Waals surface area contributed by atoms with Gasteiger partial charge >= 0.3 is 0 Å². The quantitative estimate of drug-likeness (QED) is 0.928. The molecule has 0 spiro atoms. The fourth-order valence-electron chi connectivity index (χ4n) is 2.54. The van der Waals surface area contributed by atoms with E-state index in [1.165, 1.54) is 25.0 Å². The maximum atomic E-state index is 6.03. The molecule has 18 heavy (non-hydrogen) atoms. The van der Waals surface area contributed by atoms with E-state index in [1.54, 1.807) is 7.11 Å². The molecule has 4 nitrogen and oxygen atoms in total. The van der Waals surface area contributed by atoms with Gasteiger partial charge in [-0.2, -0.15) is 0 Å². The molecular weight excluding hydrogens is 273 g/mol. The van der Waals surface area contributed by atoms with Crippen LogP contribution in [0.5, 0.6) is 0 Å². The van der Waals surface area contributed by atoms with Crippen LogP contribution in [-0.4, -0.2) is 29.3 Å². The van der Waals surface area contributed by atoms with Gasteiger partial charge in [-0.1, -0.05) is 6.42 Å². The van der Waals surface area contributed by atoms with Crippen LogP contribution in [0.4, 0.5) is 0 Å². The van der Waals surface area contributed by atoms with E-state index in [1.807, 2.05) is 12.5 Å². The summed E-state index contributed by atoms with van der Waals surface area (Å²) in [5, 5.41) is 0. The Labute approximate surface area is 121 Å². The lowest BCUT2D eigenvalue weighted by Crippen LogP contribution is -2.27. The number of ether oxygens (including phenoxy) is 1. The molecule has 0 aromatic carbocycles. The Morgan fingerprint density at radius 3 is 2.89 bits per heavy atom. The molecule has 1 aliphatic carbocycles. The lowest BCUT2D eigenvalue weighted by Gasteiger charge is -2.27. The van der Waals surface area contributed by atoms with Crippen LogP contribution < -0.4 is 5.73 Å². The molecule has 1 aromatic rings. The minimum Gasteiger partial charge on any atom is -0.383 e. The first kappa shape index (κ1) is 17.7. The van der Waals surface area contributed by atoms with Crippen molar-refractivity contribution >= 4 is 24.8 Å². The second-order valence-electron chi connectivity index (χ2n) is 4.63. The second-order valence-corrected chi connectivity index (χ2v) is 4.63. The van der Waals surface area contributed by atoms with Crippen molar-refractivity contribution < 1.29 is 4.74 Å². The van der Waals surface area contributed by atoms with Gasteiger partial charge in [0.05, 0.1) is 12.9 Å². The van der Waals surface area contributed by atoms with Crippen molar-refractivity contribution in [1.29, 1.82) is 0 Å². The molecule has 0 aliphatic heterocycles. The first-order valence-corrected chi connectivity index (χ1v) is 6.06. The standard InChI is InChI=1S/C12H21N3O.2ClH/c1-16-6-5-15-9-14-8-12(15)10-3-2-4-11(13)7-10;;/h8-11H,2-7,13H2,1H3;2*1H/t10-,11+;;/m1../s1. The van der Waals surface area contributed by atoms with Crippen molar-refractivity contribution in [2.24, 2.45) is 5.73 Å². The highest BCUT2D eigenvalue weighted by Gasteiger charge is 2.23. The maximum Gasteiger partial charge on any atom is 0.0949 e. The third kappa shape index (κ3) is 4.43. The topological polar surface area (TPSA) is 53.1 Å². The zero-order valence-electron chi connectivity index (χ0n) is 10.7. The number of methoxy groups -OCH3 is 1. The highest BCUT2D eigenvalue weighted by atomic mass is 35.5. The summed E-state index contributed by atoms with van der Waals surface area (Å²) in [5.74, 6) is 0.586. The smallest absolute Gasteiger partial charge is 0.0949 e. The Balaban J connectivity index is 0.00000144. The average molecular weight is 296 g/mol. The molecule has 2 N–H and O–H groups in total. The molecule has 1 fully saturated rings. The monoisotopic (exact) mass is 295 g/mol. The number of nitrogens with zero attached hydrogens (tertiary/aromatic N) is 2. The molecule has 2 atom stereocenters. The molecule has 1 aliphatic rings. The van der Waals surface area contributed by atoms with Crippen molar-refractivity contribution in [1.82, 2.24) is 9.55 Å². The van der Waals surface area contributed by atoms with E-state index >= 15 is 0 Å². The Hall–Kier alpha value is -0.290. The van der Waals surface area contributed by atoms with Crippen molar-refractivity contribution in [3.05, 3.63) is 18.2 Å². The third-order valence-electron chi connectivity index (χ3n) is 3.41. The summed E-state index contributed by atoms with van der Waals surface area (Å²) in [6.07, 6.45) is 8.63. The molecule has 6 heteroatoms. The summed E-state index contributed by atoms with van der Waals surface area (Å²) in [6, 6.07) is 0.365. The van der Waals surface area contributed by atoms with Crippen molar-refractivity contribution in [2.75, 3.05) is 13.7 Å². The third-order valence-corrected chi connectivity index (χ3v) is 3.41. The SMILES string of the molecule is COCCn1cncc1[C@@H]1CCC[C@H](N)C1.Cl.Cl. The van der Waals surface area contributed by atoms with Crippen molar-refractivity contribution in [3.8, 4) is 0 Å². The predicted molar refractivity (Wildman–Crippen MR) is 77.8 cm³/mol. The number of nitrogens with two attached hydrogens (primary N) is 1. The lowest BCUT2D eigenvalue weighted by atomic mass is 9.84. The second kappa shape index (κ2) is 8.75. The van der Waals surface area contributed by atoms with E-state index in [0.29, 0.717) is 12.0 Å². The van der Waals surface area contributed by atoms with E-state index in [4.69, 9.17) is 10.5 Å². The summed E-state index contributed by atoms with van der Waals surface area (Å²) >= 11 is 0. The van der Waals surface area contributed by atoms with Gasteiger partial charge in [-0.15, -0.1) is 24.8 Å².